The molecule has 1 aliphatic heterocycles. The summed E-state index contributed by atoms with van der Waals surface area (Å²) >= 11 is 0. The van der Waals surface area contributed by atoms with E-state index in [9.17, 15) is 4.79 Å². The number of esters is 1. The maximum atomic E-state index is 12.0. The number of methoxy groups -OCH3 is 1. The van der Waals surface area contributed by atoms with Crippen molar-refractivity contribution in [2.45, 2.75) is 83.3 Å². The van der Waals surface area contributed by atoms with Crippen molar-refractivity contribution in [1.82, 2.24) is 0 Å². The second kappa shape index (κ2) is 14.1. The number of ether oxygens (including phenoxy) is 3. The molecule has 0 aliphatic carbocycles. The summed E-state index contributed by atoms with van der Waals surface area (Å²) in [5.41, 5.74) is 1.07. The molecule has 0 N–H and O–H groups in total. The first-order chi connectivity index (χ1) is 13.8. The molecule has 0 radical (unpaired) electrons. The Morgan fingerprint density at radius 1 is 0.964 bits per heavy atom. The third-order valence-corrected chi connectivity index (χ3v) is 5.02. The van der Waals surface area contributed by atoms with Gasteiger partial charge in [-0.05, 0) is 37.0 Å². The Kier molecular flexibility index (Phi) is 11.2. The molecule has 0 bridgehead atoms. The number of hydrogen-bond donors (Lipinski definition) is 0. The number of rotatable bonds is 5. The highest BCUT2D eigenvalue weighted by atomic mass is 16.6. The van der Waals surface area contributed by atoms with Gasteiger partial charge in [0.05, 0.1) is 20.3 Å². The van der Waals surface area contributed by atoms with E-state index in [0.717, 1.165) is 37.0 Å². The molecule has 0 amide bonds. The lowest BCUT2D eigenvalue weighted by Crippen LogP contribution is -2.23. The summed E-state index contributed by atoms with van der Waals surface area (Å²) in [5, 5.41) is 0. The average Bonchev–Trinajstić information content (AvgIpc) is 2.71. The van der Waals surface area contributed by atoms with Gasteiger partial charge in [-0.15, -0.1) is 0 Å². The molecule has 1 heterocycles. The molecule has 4 nitrogen and oxygen atoms in total. The second-order valence-electron chi connectivity index (χ2n) is 7.41. The van der Waals surface area contributed by atoms with Crippen molar-refractivity contribution in [3.63, 3.8) is 0 Å². The Hall–Kier alpha value is -1.99. The molecule has 0 fully saturated rings. The number of cyclic esters (lactones) is 1. The lowest BCUT2D eigenvalue weighted by atomic mass is 10.0. The maximum Gasteiger partial charge on any atom is 0.384 e. The summed E-state index contributed by atoms with van der Waals surface area (Å²) in [5.74, 6) is 5.99. The van der Waals surface area contributed by atoms with Crippen molar-refractivity contribution in [3.05, 3.63) is 29.8 Å². The zero-order chi connectivity index (χ0) is 19.9. The fourth-order valence-electron chi connectivity index (χ4n) is 3.34. The van der Waals surface area contributed by atoms with Crippen molar-refractivity contribution in [2.24, 2.45) is 0 Å². The lowest BCUT2D eigenvalue weighted by Gasteiger charge is -2.17. The van der Waals surface area contributed by atoms with Crippen LogP contribution in [0.1, 0.15) is 76.2 Å². The zero-order valence-corrected chi connectivity index (χ0v) is 17.2. The summed E-state index contributed by atoms with van der Waals surface area (Å²) in [7, 11) is 1.65. The highest BCUT2D eigenvalue weighted by molar-refractivity contribution is 5.88. The summed E-state index contributed by atoms with van der Waals surface area (Å²) < 4.78 is 16.6. The predicted octanol–water partition coefficient (Wildman–Crippen LogP) is 5.43. The minimum atomic E-state index is -0.426. The van der Waals surface area contributed by atoms with E-state index in [2.05, 4.69) is 11.8 Å². The van der Waals surface area contributed by atoms with E-state index in [1.165, 1.54) is 44.9 Å². The van der Waals surface area contributed by atoms with Gasteiger partial charge in [-0.25, -0.2) is 4.79 Å². The van der Waals surface area contributed by atoms with E-state index in [4.69, 9.17) is 14.2 Å². The minimum Gasteiger partial charge on any atom is -0.497 e. The molecule has 0 saturated heterocycles. The standard InChI is InChI=1S/C24H34O4/c1-26-22-17-15-21(16-18-22)19-27-20-23-13-11-9-7-5-3-2-4-6-8-10-12-14-24(25)28-23/h15-18,23H,2-11,13,19-20H2,1H3. The molecule has 4 heteroatoms. The van der Waals surface area contributed by atoms with Crippen LogP contribution in [-0.4, -0.2) is 25.8 Å². The first kappa shape index (κ1) is 22.3. The molecule has 0 spiro atoms. The Morgan fingerprint density at radius 3 is 2.29 bits per heavy atom. The molecule has 154 valence electrons. The van der Waals surface area contributed by atoms with E-state index < -0.39 is 5.97 Å². The smallest absolute Gasteiger partial charge is 0.384 e. The van der Waals surface area contributed by atoms with Gasteiger partial charge in [-0.3, -0.25) is 0 Å². The Labute approximate surface area is 169 Å². The first-order valence-corrected chi connectivity index (χ1v) is 10.7. The minimum absolute atomic E-state index is 0.229. The van der Waals surface area contributed by atoms with Crippen LogP contribution in [0.15, 0.2) is 24.3 Å². The Balaban J connectivity index is 1.81. The van der Waals surface area contributed by atoms with Crippen molar-refractivity contribution in [1.29, 1.82) is 0 Å². The molecule has 1 atom stereocenters. The van der Waals surface area contributed by atoms with Crippen molar-refractivity contribution in [3.8, 4) is 17.6 Å². The molecule has 28 heavy (non-hydrogen) atoms. The van der Waals surface area contributed by atoms with E-state index in [-0.39, 0.29) is 6.10 Å². The van der Waals surface area contributed by atoms with Crippen LogP contribution < -0.4 is 4.74 Å². The molecule has 1 aromatic rings. The van der Waals surface area contributed by atoms with Crippen LogP contribution in [0.5, 0.6) is 5.75 Å². The quantitative estimate of drug-likeness (QED) is 0.384. The molecule has 0 saturated carbocycles. The first-order valence-electron chi connectivity index (χ1n) is 10.7. The van der Waals surface area contributed by atoms with Crippen LogP contribution in [-0.2, 0) is 20.9 Å². The van der Waals surface area contributed by atoms with Gasteiger partial charge in [0, 0.05) is 12.3 Å². The van der Waals surface area contributed by atoms with E-state index in [1.807, 2.05) is 24.3 Å². The van der Waals surface area contributed by atoms with Gasteiger partial charge in [0.15, 0.2) is 0 Å². The normalized spacial score (nSPS) is 19.9. The molecular formula is C24H34O4. The highest BCUT2D eigenvalue weighted by Crippen LogP contribution is 2.15. The monoisotopic (exact) mass is 386 g/mol. The highest BCUT2D eigenvalue weighted by Gasteiger charge is 2.14. The maximum absolute atomic E-state index is 12.0. The largest absolute Gasteiger partial charge is 0.497 e. The van der Waals surface area contributed by atoms with Gasteiger partial charge < -0.3 is 14.2 Å². The van der Waals surface area contributed by atoms with Gasteiger partial charge >= 0.3 is 5.97 Å². The fraction of sp³-hybridized carbons (Fsp3) is 0.625. The van der Waals surface area contributed by atoms with Gasteiger partial charge in [-0.2, -0.15) is 0 Å². The fourth-order valence-corrected chi connectivity index (χ4v) is 3.34. The number of carbonyl (C=O) groups excluding carboxylic acids is 1. The molecular weight excluding hydrogens is 352 g/mol. The molecule has 0 aromatic heterocycles. The number of carbonyl (C=O) groups is 1. The van der Waals surface area contributed by atoms with E-state index in [0.29, 0.717) is 13.2 Å². The van der Waals surface area contributed by atoms with Gasteiger partial charge in [0.2, 0.25) is 0 Å². The van der Waals surface area contributed by atoms with Crippen LogP contribution >= 0.6 is 0 Å². The van der Waals surface area contributed by atoms with Crippen molar-refractivity contribution >= 4 is 5.97 Å². The van der Waals surface area contributed by atoms with Gasteiger partial charge in [0.1, 0.15) is 11.9 Å². The number of hydrogen-bond acceptors (Lipinski definition) is 4. The lowest BCUT2D eigenvalue weighted by molar-refractivity contribution is -0.145. The van der Waals surface area contributed by atoms with Crippen LogP contribution in [0.4, 0.5) is 0 Å². The predicted molar refractivity (Wildman–Crippen MR) is 111 cm³/mol. The summed E-state index contributed by atoms with van der Waals surface area (Å²) in [6, 6.07) is 7.80. The Morgan fingerprint density at radius 2 is 1.61 bits per heavy atom. The van der Waals surface area contributed by atoms with Gasteiger partial charge in [-0.1, -0.05) is 63.0 Å². The second-order valence-corrected chi connectivity index (χ2v) is 7.41. The third-order valence-electron chi connectivity index (χ3n) is 5.02. The molecule has 2 rings (SSSR count). The van der Waals surface area contributed by atoms with Crippen molar-refractivity contribution < 1.29 is 19.0 Å². The molecule has 1 aliphatic rings. The van der Waals surface area contributed by atoms with Gasteiger partial charge in [0.25, 0.3) is 0 Å². The molecule has 1 aromatic carbocycles. The van der Waals surface area contributed by atoms with Crippen LogP contribution in [0.3, 0.4) is 0 Å². The molecule has 1 unspecified atom stereocenters. The third kappa shape index (κ3) is 9.80. The SMILES string of the molecule is COc1ccc(COCC2CCCCCCCCCCCC#CC(=O)O2)cc1. The summed E-state index contributed by atoms with van der Waals surface area (Å²) in [6.07, 6.45) is 12.4. The van der Waals surface area contributed by atoms with Crippen LogP contribution in [0.25, 0.3) is 0 Å². The van der Waals surface area contributed by atoms with Crippen molar-refractivity contribution in [2.75, 3.05) is 13.7 Å². The van der Waals surface area contributed by atoms with Crippen LogP contribution in [0.2, 0.25) is 0 Å². The van der Waals surface area contributed by atoms with E-state index >= 15 is 0 Å². The summed E-state index contributed by atoms with van der Waals surface area (Å²) in [4.78, 5) is 12.0. The Bertz CT molecular complexity index is 612. The average molecular weight is 387 g/mol. The number of benzene rings is 1. The zero-order valence-electron chi connectivity index (χ0n) is 17.2. The topological polar surface area (TPSA) is 44.8 Å². The van der Waals surface area contributed by atoms with Crippen LogP contribution in [0, 0.1) is 11.8 Å². The van der Waals surface area contributed by atoms with E-state index in [1.54, 1.807) is 7.11 Å². The summed E-state index contributed by atoms with van der Waals surface area (Å²) in [6.45, 7) is 0.892.